The molecule has 3 aromatic carbocycles. The van der Waals surface area contributed by atoms with E-state index in [4.69, 9.17) is 4.18 Å². The smallest absolute Gasteiger partial charge is 0.285 e. The van der Waals surface area contributed by atoms with Gasteiger partial charge in [-0.25, -0.2) is 4.21 Å². The molecule has 0 spiro atoms. The van der Waals surface area contributed by atoms with Crippen LogP contribution in [0.2, 0.25) is 0 Å². The Labute approximate surface area is 176 Å². The Bertz CT molecular complexity index is 1170. The van der Waals surface area contributed by atoms with Gasteiger partial charge in [0.25, 0.3) is 0 Å². The predicted octanol–water partition coefficient (Wildman–Crippen LogP) is 6.75. The third-order valence-electron chi connectivity index (χ3n) is 4.96. The highest BCUT2D eigenvalue weighted by Crippen LogP contribution is 2.40. The maximum atomic E-state index is 13.2. The Balaban J connectivity index is 1.94. The minimum atomic E-state index is -4.57. The highest BCUT2D eigenvalue weighted by Gasteiger charge is 2.32. The van der Waals surface area contributed by atoms with Gasteiger partial charge in [-0.15, -0.1) is 0 Å². The van der Waals surface area contributed by atoms with Gasteiger partial charge in [0.15, 0.2) is 11.1 Å². The zero-order valence-corrected chi connectivity index (χ0v) is 16.5. The van der Waals surface area contributed by atoms with E-state index in [-0.39, 0.29) is 23.5 Å². The molecule has 1 aliphatic heterocycles. The molecule has 0 aliphatic carbocycles. The molecule has 1 atom stereocenters. The van der Waals surface area contributed by atoms with Crippen molar-refractivity contribution in [2.75, 3.05) is 0 Å². The second-order valence-corrected chi connectivity index (χ2v) is 8.17. The Hall–Kier alpha value is -2.65. The molecule has 4 rings (SSSR count). The summed E-state index contributed by atoms with van der Waals surface area (Å²) in [6.45, 7) is -0.00320. The van der Waals surface area contributed by atoms with Crippen molar-refractivity contribution in [3.63, 3.8) is 0 Å². The van der Waals surface area contributed by atoms with Crippen LogP contribution in [0, 0.1) is 0 Å². The van der Waals surface area contributed by atoms with Crippen molar-refractivity contribution in [2.45, 2.75) is 24.7 Å². The van der Waals surface area contributed by atoms with Gasteiger partial charge >= 0.3 is 12.4 Å². The molecule has 1 heterocycles. The lowest BCUT2D eigenvalue weighted by Crippen LogP contribution is -2.12. The topological polar surface area (TPSA) is 26.3 Å². The van der Waals surface area contributed by atoms with Crippen LogP contribution in [0.4, 0.5) is 26.3 Å². The quantitative estimate of drug-likeness (QED) is 0.399. The van der Waals surface area contributed by atoms with Crippen LogP contribution in [-0.4, -0.2) is 4.21 Å². The molecule has 1 unspecified atom stereocenters. The third kappa shape index (κ3) is 4.52. The van der Waals surface area contributed by atoms with Crippen LogP contribution in [0.25, 0.3) is 22.3 Å². The largest absolute Gasteiger partial charge is 0.416 e. The maximum Gasteiger partial charge on any atom is 0.416 e. The summed E-state index contributed by atoms with van der Waals surface area (Å²) in [6, 6.07) is 12.4. The summed E-state index contributed by atoms with van der Waals surface area (Å²) in [6.07, 6.45) is -9.14. The van der Waals surface area contributed by atoms with E-state index in [1.807, 2.05) is 0 Å². The summed E-state index contributed by atoms with van der Waals surface area (Å²) in [5.41, 5.74) is 0.567. The van der Waals surface area contributed by atoms with E-state index in [0.29, 0.717) is 22.3 Å². The average molecular weight is 456 g/mol. The van der Waals surface area contributed by atoms with Crippen LogP contribution in [0.3, 0.4) is 0 Å². The highest BCUT2D eigenvalue weighted by molar-refractivity contribution is 7.79. The Morgan fingerprint density at radius 3 is 1.68 bits per heavy atom. The summed E-state index contributed by atoms with van der Waals surface area (Å²) in [5, 5.41) is 0. The predicted molar refractivity (Wildman–Crippen MR) is 104 cm³/mol. The first kappa shape index (κ1) is 21.6. The minimum Gasteiger partial charge on any atom is -0.285 e. The lowest BCUT2D eigenvalue weighted by atomic mass is 9.89. The molecule has 0 N–H and O–H groups in total. The number of benzene rings is 3. The van der Waals surface area contributed by atoms with Crippen LogP contribution < -0.4 is 0 Å². The fourth-order valence-corrected chi connectivity index (χ4v) is 4.32. The molecule has 0 saturated heterocycles. The molecular formula is C22H14F6O2S. The number of alkyl halides is 6. The van der Waals surface area contributed by atoms with Gasteiger partial charge in [-0.05, 0) is 69.8 Å². The molecule has 3 aromatic rings. The number of halogens is 6. The molecule has 162 valence electrons. The zero-order chi connectivity index (χ0) is 22.4. The van der Waals surface area contributed by atoms with E-state index in [9.17, 15) is 30.6 Å². The third-order valence-corrected chi connectivity index (χ3v) is 5.89. The van der Waals surface area contributed by atoms with Crippen LogP contribution in [0.1, 0.15) is 22.3 Å². The SMILES string of the molecule is O=S1Cc2cc(-c3cccc(C(F)(F)F)c3)c(-c3cccc(C(F)(F)F)c3)cc2CO1. The van der Waals surface area contributed by atoms with E-state index in [1.165, 1.54) is 24.3 Å². The van der Waals surface area contributed by atoms with E-state index >= 15 is 0 Å². The summed E-state index contributed by atoms with van der Waals surface area (Å²) >= 11 is -1.58. The molecule has 0 aromatic heterocycles. The van der Waals surface area contributed by atoms with E-state index in [1.54, 1.807) is 12.1 Å². The summed E-state index contributed by atoms with van der Waals surface area (Å²) in [5.74, 6) is 0.0458. The molecule has 0 bridgehead atoms. The molecule has 31 heavy (non-hydrogen) atoms. The Morgan fingerprint density at radius 1 is 0.710 bits per heavy atom. The second-order valence-electron chi connectivity index (χ2n) is 7.03. The first-order valence-corrected chi connectivity index (χ1v) is 10.3. The minimum absolute atomic E-state index is 0.00320. The van der Waals surface area contributed by atoms with E-state index in [2.05, 4.69) is 0 Å². The number of fused-ring (bicyclic) bond motifs is 1. The van der Waals surface area contributed by atoms with Crippen LogP contribution >= 0.6 is 0 Å². The molecule has 1 aliphatic rings. The standard InChI is InChI=1S/C22H14F6O2S/c23-21(24,25)17-5-1-3-13(7-17)19-9-15-11-30-31(29)12-16(15)10-20(19)14-4-2-6-18(8-14)22(26,27)28/h1-10H,11-12H2. The molecule has 9 heteroatoms. The molecule has 2 nitrogen and oxygen atoms in total. The van der Waals surface area contributed by atoms with E-state index < -0.39 is 34.6 Å². The van der Waals surface area contributed by atoms with Crippen molar-refractivity contribution >= 4 is 11.1 Å². The second kappa shape index (κ2) is 7.80. The van der Waals surface area contributed by atoms with Crippen molar-refractivity contribution in [1.29, 1.82) is 0 Å². The average Bonchev–Trinajstić information content (AvgIpc) is 2.72. The van der Waals surface area contributed by atoms with Crippen molar-refractivity contribution in [3.8, 4) is 22.3 Å². The van der Waals surface area contributed by atoms with Gasteiger partial charge in [-0.2, -0.15) is 26.3 Å². The van der Waals surface area contributed by atoms with Gasteiger partial charge < -0.3 is 0 Å². The van der Waals surface area contributed by atoms with Gasteiger partial charge in [-0.1, -0.05) is 24.3 Å². The summed E-state index contributed by atoms with van der Waals surface area (Å²) in [7, 11) is 0. The Morgan fingerprint density at radius 2 is 1.19 bits per heavy atom. The normalized spacial score (nSPS) is 16.8. The van der Waals surface area contributed by atoms with Crippen molar-refractivity contribution in [2.24, 2.45) is 0 Å². The molecule has 0 amide bonds. The van der Waals surface area contributed by atoms with Gasteiger partial charge in [0.05, 0.1) is 23.5 Å². The number of hydrogen-bond donors (Lipinski definition) is 0. The fraction of sp³-hybridized carbons (Fsp3) is 0.182. The van der Waals surface area contributed by atoms with Gasteiger partial charge in [0.2, 0.25) is 0 Å². The summed E-state index contributed by atoms with van der Waals surface area (Å²) < 4.78 is 96.3. The van der Waals surface area contributed by atoms with Gasteiger partial charge in [-0.3, -0.25) is 4.18 Å². The van der Waals surface area contributed by atoms with Crippen LogP contribution in [-0.2, 0) is 40.0 Å². The lowest BCUT2D eigenvalue weighted by Gasteiger charge is -2.21. The monoisotopic (exact) mass is 456 g/mol. The molecule has 0 radical (unpaired) electrons. The van der Waals surface area contributed by atoms with Crippen molar-refractivity contribution < 1.29 is 34.7 Å². The van der Waals surface area contributed by atoms with Gasteiger partial charge in [0, 0.05) is 0 Å². The number of rotatable bonds is 2. The van der Waals surface area contributed by atoms with Gasteiger partial charge in [0.1, 0.15) is 0 Å². The van der Waals surface area contributed by atoms with Crippen molar-refractivity contribution in [1.82, 2.24) is 0 Å². The molecular weight excluding hydrogens is 442 g/mol. The molecule has 0 saturated carbocycles. The highest BCUT2D eigenvalue weighted by atomic mass is 32.2. The van der Waals surface area contributed by atoms with Crippen molar-refractivity contribution in [3.05, 3.63) is 82.9 Å². The maximum absolute atomic E-state index is 13.2. The zero-order valence-electron chi connectivity index (χ0n) is 15.7. The molecule has 0 fully saturated rings. The van der Waals surface area contributed by atoms with Crippen LogP contribution in [0.15, 0.2) is 60.7 Å². The number of hydrogen-bond acceptors (Lipinski definition) is 2. The first-order chi connectivity index (χ1) is 14.5. The Kier molecular flexibility index (Phi) is 5.43. The first-order valence-electron chi connectivity index (χ1n) is 9.05. The van der Waals surface area contributed by atoms with Crippen LogP contribution in [0.5, 0.6) is 0 Å². The van der Waals surface area contributed by atoms with E-state index in [0.717, 1.165) is 24.3 Å². The summed E-state index contributed by atoms with van der Waals surface area (Å²) in [4.78, 5) is 0. The fourth-order valence-electron chi connectivity index (χ4n) is 3.46. The lowest BCUT2D eigenvalue weighted by molar-refractivity contribution is -0.138.